The number of hydrogen-bond donors (Lipinski definition) is 2. The highest BCUT2D eigenvalue weighted by atomic mass is 35.5. The van der Waals surface area contributed by atoms with Gasteiger partial charge in [-0.1, -0.05) is 47.6 Å². The number of aromatic amines is 1. The minimum absolute atomic E-state index is 0.170. The molecule has 0 amide bonds. The van der Waals surface area contributed by atoms with Gasteiger partial charge in [0, 0.05) is 10.6 Å². The van der Waals surface area contributed by atoms with Crippen LogP contribution in [0.5, 0.6) is 0 Å². The molecular weight excluding hydrogens is 384 g/mol. The number of H-pyrrole nitrogens is 1. The van der Waals surface area contributed by atoms with Crippen LogP contribution in [0.4, 0.5) is 0 Å². The number of nitrogens with two attached hydrogens (primary N) is 1. The fraction of sp³-hybridized carbons (Fsp3) is 0.111. The highest BCUT2D eigenvalue weighted by Crippen LogP contribution is 2.33. The normalized spacial score (nSPS) is 12.4. The molecule has 0 saturated heterocycles. The van der Waals surface area contributed by atoms with E-state index in [0.717, 1.165) is 5.56 Å². The van der Waals surface area contributed by atoms with Gasteiger partial charge in [0.1, 0.15) is 5.82 Å². The van der Waals surface area contributed by atoms with Crippen molar-refractivity contribution in [1.29, 1.82) is 0 Å². The third-order valence-corrected chi connectivity index (χ3v) is 5.35. The smallest absolute Gasteiger partial charge is 0.258 e. The number of para-hydroxylation sites is 1. The minimum atomic E-state index is -0.180. The standard InChI is InChI=1S/C18H15ClN6OS/c1-10(15-21-14-8-3-2-7-13(14)17(26)22-15)27-18-24-23-16(25(18)20)11-5-4-6-12(19)9-11/h2-10H,20H2,1H3,(H,21,22,26). The summed E-state index contributed by atoms with van der Waals surface area (Å²) in [5.41, 5.74) is 1.25. The summed E-state index contributed by atoms with van der Waals surface area (Å²) in [5, 5.41) is 9.80. The Morgan fingerprint density at radius 3 is 2.81 bits per heavy atom. The first-order valence-corrected chi connectivity index (χ1v) is 9.41. The second kappa shape index (κ2) is 7.05. The van der Waals surface area contributed by atoms with Gasteiger partial charge in [-0.15, -0.1) is 10.2 Å². The van der Waals surface area contributed by atoms with E-state index >= 15 is 0 Å². The predicted molar refractivity (Wildman–Crippen MR) is 107 cm³/mol. The first-order valence-electron chi connectivity index (χ1n) is 8.15. The third-order valence-electron chi connectivity index (χ3n) is 4.05. The van der Waals surface area contributed by atoms with Gasteiger partial charge in [-0.2, -0.15) is 0 Å². The molecule has 0 saturated carbocycles. The van der Waals surface area contributed by atoms with Crippen molar-refractivity contribution in [3.63, 3.8) is 0 Å². The molecule has 7 nitrogen and oxygen atoms in total. The monoisotopic (exact) mass is 398 g/mol. The van der Waals surface area contributed by atoms with Gasteiger partial charge >= 0.3 is 0 Å². The SMILES string of the molecule is CC(Sc1nnc(-c2cccc(Cl)c2)n1N)c1nc2ccccc2c(=O)[nH]1. The van der Waals surface area contributed by atoms with Crippen molar-refractivity contribution in [2.45, 2.75) is 17.3 Å². The topological polar surface area (TPSA) is 102 Å². The Balaban J connectivity index is 1.64. The quantitative estimate of drug-likeness (QED) is 0.403. The van der Waals surface area contributed by atoms with Crippen LogP contribution in [0.25, 0.3) is 22.3 Å². The van der Waals surface area contributed by atoms with Gasteiger partial charge in [0.2, 0.25) is 5.16 Å². The summed E-state index contributed by atoms with van der Waals surface area (Å²) in [6.45, 7) is 1.92. The van der Waals surface area contributed by atoms with Crippen molar-refractivity contribution in [3.05, 3.63) is 69.7 Å². The molecule has 0 radical (unpaired) electrons. The zero-order valence-electron chi connectivity index (χ0n) is 14.3. The molecule has 0 aliphatic rings. The van der Waals surface area contributed by atoms with Gasteiger partial charge in [0.05, 0.1) is 16.2 Å². The van der Waals surface area contributed by atoms with Gasteiger partial charge < -0.3 is 10.8 Å². The zero-order chi connectivity index (χ0) is 19.0. The van der Waals surface area contributed by atoms with E-state index in [2.05, 4.69) is 20.2 Å². The van der Waals surface area contributed by atoms with Crippen LogP contribution in [0.3, 0.4) is 0 Å². The van der Waals surface area contributed by atoms with Crippen LogP contribution >= 0.6 is 23.4 Å². The molecule has 3 N–H and O–H groups in total. The molecule has 27 heavy (non-hydrogen) atoms. The summed E-state index contributed by atoms with van der Waals surface area (Å²) in [6, 6.07) is 14.5. The van der Waals surface area contributed by atoms with Gasteiger partial charge in [-0.25, -0.2) is 9.66 Å². The Labute approximate surface area is 163 Å². The molecule has 0 spiro atoms. The predicted octanol–water partition coefficient (Wildman–Crippen LogP) is 3.40. The lowest BCUT2D eigenvalue weighted by atomic mass is 10.2. The lowest BCUT2D eigenvalue weighted by molar-refractivity contribution is 0.835. The van der Waals surface area contributed by atoms with E-state index in [-0.39, 0.29) is 10.8 Å². The Bertz CT molecular complexity index is 1190. The molecule has 2 aromatic heterocycles. The number of nitrogens with one attached hydrogen (secondary N) is 1. The number of halogens is 1. The van der Waals surface area contributed by atoms with Gasteiger partial charge in [0.25, 0.3) is 5.56 Å². The summed E-state index contributed by atoms with van der Waals surface area (Å²) >= 11 is 7.39. The zero-order valence-corrected chi connectivity index (χ0v) is 15.8. The molecule has 2 heterocycles. The molecule has 0 fully saturated rings. The van der Waals surface area contributed by atoms with Crippen LogP contribution in [-0.4, -0.2) is 24.8 Å². The van der Waals surface area contributed by atoms with Crippen molar-refractivity contribution in [3.8, 4) is 11.4 Å². The van der Waals surface area contributed by atoms with Crippen LogP contribution < -0.4 is 11.4 Å². The maximum absolute atomic E-state index is 12.3. The Kier molecular flexibility index (Phi) is 4.59. The number of fused-ring (bicyclic) bond motifs is 1. The number of benzene rings is 2. The van der Waals surface area contributed by atoms with E-state index in [0.29, 0.717) is 32.7 Å². The minimum Gasteiger partial charge on any atom is -0.335 e. The van der Waals surface area contributed by atoms with Crippen LogP contribution in [0.15, 0.2) is 58.5 Å². The number of nitrogen functional groups attached to an aromatic ring is 1. The lowest BCUT2D eigenvalue weighted by Gasteiger charge is -2.11. The van der Waals surface area contributed by atoms with Gasteiger partial charge in [0.15, 0.2) is 5.82 Å². The average molecular weight is 399 g/mol. The summed E-state index contributed by atoms with van der Waals surface area (Å²) in [7, 11) is 0. The fourth-order valence-corrected chi connectivity index (χ4v) is 3.71. The Morgan fingerprint density at radius 1 is 1.19 bits per heavy atom. The molecule has 0 aliphatic carbocycles. The third kappa shape index (κ3) is 3.41. The highest BCUT2D eigenvalue weighted by molar-refractivity contribution is 7.99. The van der Waals surface area contributed by atoms with Crippen molar-refractivity contribution in [2.24, 2.45) is 0 Å². The van der Waals surface area contributed by atoms with Crippen LogP contribution in [0, 0.1) is 0 Å². The summed E-state index contributed by atoms with van der Waals surface area (Å²) in [6.07, 6.45) is 0. The maximum atomic E-state index is 12.3. The van der Waals surface area contributed by atoms with E-state index in [1.165, 1.54) is 16.4 Å². The summed E-state index contributed by atoms with van der Waals surface area (Å²) in [4.78, 5) is 19.6. The van der Waals surface area contributed by atoms with Crippen molar-refractivity contribution in [1.82, 2.24) is 24.8 Å². The number of nitrogens with zero attached hydrogens (tertiary/aromatic N) is 4. The van der Waals surface area contributed by atoms with Gasteiger partial charge in [-0.05, 0) is 31.2 Å². The molecule has 4 rings (SSSR count). The molecule has 1 atom stereocenters. The molecular formula is C18H15ClN6OS. The van der Waals surface area contributed by atoms with E-state index < -0.39 is 0 Å². The van der Waals surface area contributed by atoms with Crippen molar-refractivity contribution >= 4 is 34.3 Å². The first-order chi connectivity index (χ1) is 13.0. The molecule has 4 aromatic rings. The lowest BCUT2D eigenvalue weighted by Crippen LogP contribution is -2.14. The largest absolute Gasteiger partial charge is 0.335 e. The molecule has 2 aromatic carbocycles. The maximum Gasteiger partial charge on any atom is 0.258 e. The van der Waals surface area contributed by atoms with E-state index in [1.807, 2.05) is 37.3 Å². The molecule has 0 aliphatic heterocycles. The Hall–Kier alpha value is -2.84. The summed E-state index contributed by atoms with van der Waals surface area (Å²) < 4.78 is 1.41. The molecule has 9 heteroatoms. The molecule has 1 unspecified atom stereocenters. The second-order valence-corrected chi connectivity index (χ2v) is 7.66. The van der Waals surface area contributed by atoms with Gasteiger partial charge in [-0.3, -0.25) is 4.79 Å². The van der Waals surface area contributed by atoms with Crippen LogP contribution in [-0.2, 0) is 0 Å². The first kappa shape index (κ1) is 17.6. The average Bonchev–Trinajstić information content (AvgIpc) is 3.02. The highest BCUT2D eigenvalue weighted by Gasteiger charge is 2.18. The number of hydrogen-bond acceptors (Lipinski definition) is 6. The Morgan fingerprint density at radius 2 is 2.00 bits per heavy atom. The second-order valence-electron chi connectivity index (χ2n) is 5.91. The molecule has 136 valence electrons. The van der Waals surface area contributed by atoms with Crippen LogP contribution in [0.1, 0.15) is 18.0 Å². The van der Waals surface area contributed by atoms with E-state index in [4.69, 9.17) is 17.4 Å². The number of rotatable bonds is 4. The fourth-order valence-electron chi connectivity index (χ4n) is 2.69. The van der Waals surface area contributed by atoms with E-state index in [1.54, 1.807) is 18.2 Å². The van der Waals surface area contributed by atoms with Crippen molar-refractivity contribution in [2.75, 3.05) is 5.84 Å². The number of aromatic nitrogens is 5. The molecule has 0 bridgehead atoms. The summed E-state index contributed by atoms with van der Waals surface area (Å²) in [5.74, 6) is 7.23. The van der Waals surface area contributed by atoms with Crippen LogP contribution in [0.2, 0.25) is 5.02 Å². The van der Waals surface area contributed by atoms with Crippen molar-refractivity contribution < 1.29 is 0 Å². The number of thioether (sulfide) groups is 1. The van der Waals surface area contributed by atoms with E-state index in [9.17, 15) is 4.79 Å².